The van der Waals surface area contributed by atoms with Crippen molar-refractivity contribution in [2.45, 2.75) is 38.1 Å². The third-order valence-corrected chi connectivity index (χ3v) is 4.09. The van der Waals surface area contributed by atoms with Gasteiger partial charge in [-0.05, 0) is 29.9 Å². The number of benzene rings is 1. The first-order chi connectivity index (χ1) is 8.73. The minimum absolute atomic E-state index is 0.713. The number of nitriles is 1. The summed E-state index contributed by atoms with van der Waals surface area (Å²) in [6.07, 6.45) is 4.52. The van der Waals surface area contributed by atoms with Gasteiger partial charge in [-0.2, -0.15) is 17.0 Å². The molecule has 1 aromatic rings. The van der Waals surface area contributed by atoms with Gasteiger partial charge in [0.15, 0.2) is 0 Å². The normalized spacial score (nSPS) is 13.8. The fourth-order valence-electron chi connectivity index (χ4n) is 1.79. The topological polar surface area (TPSA) is 49.8 Å². The van der Waals surface area contributed by atoms with E-state index in [2.05, 4.69) is 13.0 Å². The Morgan fingerprint density at radius 1 is 1.22 bits per heavy atom. The van der Waals surface area contributed by atoms with Crippen LogP contribution in [0, 0.1) is 11.3 Å². The lowest BCUT2D eigenvalue weighted by atomic mass is 9.90. The molecule has 2 nitrogen and oxygen atoms in total. The second-order valence-electron chi connectivity index (χ2n) is 4.52. The molecular formula is C15H22N2S. The predicted molar refractivity (Wildman–Crippen MR) is 79.4 cm³/mol. The maximum atomic E-state index is 9.30. The monoisotopic (exact) mass is 262 g/mol. The van der Waals surface area contributed by atoms with Crippen LogP contribution in [0.5, 0.6) is 0 Å². The summed E-state index contributed by atoms with van der Waals surface area (Å²) in [5, 5.41) is 9.30. The van der Waals surface area contributed by atoms with E-state index in [1.807, 2.05) is 42.1 Å². The second-order valence-corrected chi connectivity index (χ2v) is 5.74. The van der Waals surface area contributed by atoms with Gasteiger partial charge in [-0.1, -0.05) is 50.1 Å². The first-order valence-electron chi connectivity index (χ1n) is 6.56. The number of nitrogens with two attached hydrogens (primary N) is 1. The van der Waals surface area contributed by atoms with Crippen molar-refractivity contribution in [2.75, 3.05) is 11.5 Å². The van der Waals surface area contributed by atoms with Crippen LogP contribution >= 0.6 is 11.8 Å². The van der Waals surface area contributed by atoms with E-state index in [0.29, 0.717) is 6.42 Å². The minimum atomic E-state index is -0.834. The zero-order valence-electron chi connectivity index (χ0n) is 11.1. The molecule has 18 heavy (non-hydrogen) atoms. The molecule has 0 aliphatic heterocycles. The molecule has 0 aromatic heterocycles. The van der Waals surface area contributed by atoms with Crippen molar-refractivity contribution in [3.8, 4) is 6.07 Å². The highest BCUT2D eigenvalue weighted by Crippen LogP contribution is 2.23. The smallest absolute Gasteiger partial charge is 0.130 e. The summed E-state index contributed by atoms with van der Waals surface area (Å²) in [4.78, 5) is 0. The van der Waals surface area contributed by atoms with Crippen LogP contribution in [-0.4, -0.2) is 11.5 Å². The molecule has 1 aromatic carbocycles. The molecule has 0 amide bonds. The highest BCUT2D eigenvalue weighted by molar-refractivity contribution is 7.99. The fraction of sp³-hybridized carbons (Fsp3) is 0.533. The van der Waals surface area contributed by atoms with Crippen molar-refractivity contribution in [3.05, 3.63) is 35.9 Å². The van der Waals surface area contributed by atoms with Gasteiger partial charge in [0.2, 0.25) is 0 Å². The van der Waals surface area contributed by atoms with E-state index in [1.165, 1.54) is 25.0 Å². The Labute approximate surface area is 115 Å². The molecule has 1 unspecified atom stereocenters. The van der Waals surface area contributed by atoms with Crippen molar-refractivity contribution in [1.82, 2.24) is 0 Å². The SMILES string of the molecule is CCCCCSCCC(N)(C#N)c1ccccc1. The van der Waals surface area contributed by atoms with Crippen LogP contribution in [0.2, 0.25) is 0 Å². The van der Waals surface area contributed by atoms with Gasteiger partial charge in [-0.15, -0.1) is 0 Å². The van der Waals surface area contributed by atoms with E-state index in [1.54, 1.807) is 0 Å². The van der Waals surface area contributed by atoms with Crippen molar-refractivity contribution >= 4 is 11.8 Å². The lowest BCUT2D eigenvalue weighted by molar-refractivity contribution is 0.560. The number of nitrogens with zero attached hydrogens (tertiary/aromatic N) is 1. The van der Waals surface area contributed by atoms with Crippen LogP contribution in [0.3, 0.4) is 0 Å². The molecule has 1 atom stereocenters. The average Bonchev–Trinajstić information content (AvgIpc) is 2.43. The molecule has 0 bridgehead atoms. The molecule has 2 N–H and O–H groups in total. The Balaban J connectivity index is 2.40. The van der Waals surface area contributed by atoms with Gasteiger partial charge < -0.3 is 5.73 Å². The maximum absolute atomic E-state index is 9.30. The second kappa shape index (κ2) is 8.18. The van der Waals surface area contributed by atoms with Gasteiger partial charge in [0.25, 0.3) is 0 Å². The molecule has 0 radical (unpaired) electrons. The third kappa shape index (κ3) is 4.72. The summed E-state index contributed by atoms with van der Waals surface area (Å²) in [5.74, 6) is 2.12. The van der Waals surface area contributed by atoms with Gasteiger partial charge in [0.05, 0.1) is 6.07 Å². The van der Waals surface area contributed by atoms with Crippen molar-refractivity contribution in [2.24, 2.45) is 5.73 Å². The van der Waals surface area contributed by atoms with Crippen molar-refractivity contribution in [3.63, 3.8) is 0 Å². The Morgan fingerprint density at radius 2 is 1.94 bits per heavy atom. The molecular weight excluding hydrogens is 240 g/mol. The molecule has 0 saturated carbocycles. The highest BCUT2D eigenvalue weighted by Gasteiger charge is 2.26. The molecule has 0 spiro atoms. The maximum Gasteiger partial charge on any atom is 0.130 e. The molecule has 0 heterocycles. The Hall–Kier alpha value is -0.980. The van der Waals surface area contributed by atoms with Gasteiger partial charge >= 0.3 is 0 Å². The molecule has 0 aliphatic carbocycles. The summed E-state index contributed by atoms with van der Waals surface area (Å²) >= 11 is 1.90. The lowest BCUT2D eigenvalue weighted by Gasteiger charge is -2.21. The number of rotatable bonds is 8. The van der Waals surface area contributed by atoms with E-state index < -0.39 is 5.54 Å². The van der Waals surface area contributed by atoms with Crippen LogP contribution in [0.1, 0.15) is 38.2 Å². The Bertz CT molecular complexity index is 372. The van der Waals surface area contributed by atoms with Crippen molar-refractivity contribution < 1.29 is 0 Å². The molecule has 3 heteroatoms. The average molecular weight is 262 g/mol. The Kier molecular flexibility index (Phi) is 6.85. The van der Waals surface area contributed by atoms with Crippen molar-refractivity contribution in [1.29, 1.82) is 5.26 Å². The Morgan fingerprint density at radius 3 is 2.56 bits per heavy atom. The van der Waals surface area contributed by atoms with Crippen LogP contribution in [0.25, 0.3) is 0 Å². The summed E-state index contributed by atoms with van der Waals surface area (Å²) in [7, 11) is 0. The van der Waals surface area contributed by atoms with Crippen LogP contribution in [0.4, 0.5) is 0 Å². The fourth-order valence-corrected chi connectivity index (χ4v) is 2.87. The third-order valence-electron chi connectivity index (χ3n) is 3.02. The molecule has 98 valence electrons. The lowest BCUT2D eigenvalue weighted by Crippen LogP contribution is -2.35. The minimum Gasteiger partial charge on any atom is -0.310 e. The zero-order chi connectivity index (χ0) is 13.3. The molecule has 0 saturated heterocycles. The van der Waals surface area contributed by atoms with Gasteiger partial charge in [0, 0.05) is 0 Å². The van der Waals surface area contributed by atoms with E-state index in [0.717, 1.165) is 11.3 Å². The van der Waals surface area contributed by atoms with Gasteiger partial charge in [-0.25, -0.2) is 0 Å². The first-order valence-corrected chi connectivity index (χ1v) is 7.72. The van der Waals surface area contributed by atoms with Gasteiger partial charge in [0.1, 0.15) is 5.54 Å². The quantitative estimate of drug-likeness (QED) is 0.727. The standard InChI is InChI=1S/C15H22N2S/c1-2-3-7-11-18-12-10-15(17,13-16)14-8-5-4-6-9-14/h4-6,8-9H,2-3,7,10-12,17H2,1H3. The number of hydrogen-bond donors (Lipinski definition) is 1. The summed E-state index contributed by atoms with van der Waals surface area (Å²) < 4.78 is 0. The number of unbranched alkanes of at least 4 members (excludes halogenated alkanes) is 2. The predicted octanol–water partition coefficient (Wildman–Crippen LogP) is 3.68. The van der Waals surface area contributed by atoms with E-state index in [9.17, 15) is 5.26 Å². The van der Waals surface area contributed by atoms with E-state index in [-0.39, 0.29) is 0 Å². The van der Waals surface area contributed by atoms with Gasteiger partial charge in [-0.3, -0.25) is 0 Å². The molecule has 0 fully saturated rings. The van der Waals surface area contributed by atoms with Crippen LogP contribution < -0.4 is 5.73 Å². The zero-order valence-corrected chi connectivity index (χ0v) is 11.9. The van der Waals surface area contributed by atoms with E-state index >= 15 is 0 Å². The first kappa shape index (κ1) is 15.1. The van der Waals surface area contributed by atoms with Crippen LogP contribution in [-0.2, 0) is 5.54 Å². The van der Waals surface area contributed by atoms with Crippen LogP contribution in [0.15, 0.2) is 30.3 Å². The largest absolute Gasteiger partial charge is 0.310 e. The molecule has 1 rings (SSSR count). The molecule has 0 aliphatic rings. The van der Waals surface area contributed by atoms with E-state index in [4.69, 9.17) is 5.73 Å². The highest BCUT2D eigenvalue weighted by atomic mass is 32.2. The summed E-state index contributed by atoms with van der Waals surface area (Å²) in [5.41, 5.74) is 6.27. The summed E-state index contributed by atoms with van der Waals surface area (Å²) in [6.45, 7) is 2.21. The number of thioether (sulfide) groups is 1. The number of hydrogen-bond acceptors (Lipinski definition) is 3. The summed E-state index contributed by atoms with van der Waals surface area (Å²) in [6, 6.07) is 11.9.